The Morgan fingerprint density at radius 3 is 2.95 bits per heavy atom. The number of benzene rings is 1. The van der Waals surface area contributed by atoms with E-state index < -0.39 is 0 Å². The van der Waals surface area contributed by atoms with E-state index in [1.54, 1.807) is 6.07 Å². The lowest BCUT2D eigenvalue weighted by atomic mass is 10.1. The third-order valence-corrected chi connectivity index (χ3v) is 3.07. The van der Waals surface area contributed by atoms with E-state index in [0.717, 1.165) is 22.2 Å². The number of nitrogen functional groups attached to an aromatic ring is 1. The number of H-pyrrole nitrogens is 1. The predicted octanol–water partition coefficient (Wildman–Crippen LogP) is 2.14. The minimum Gasteiger partial charge on any atom is -0.383 e. The molecule has 0 saturated carbocycles. The summed E-state index contributed by atoms with van der Waals surface area (Å²) in [6.07, 6.45) is 2.16. The van der Waals surface area contributed by atoms with Crippen LogP contribution in [0, 0.1) is 6.92 Å². The van der Waals surface area contributed by atoms with E-state index in [1.807, 2.05) is 37.4 Å². The molecule has 0 unspecified atom stereocenters. The molecule has 0 radical (unpaired) electrons. The van der Waals surface area contributed by atoms with Crippen molar-refractivity contribution in [3.63, 3.8) is 0 Å². The van der Waals surface area contributed by atoms with Crippen molar-refractivity contribution in [1.29, 1.82) is 0 Å². The topological polar surface area (TPSA) is 76.7 Å². The normalized spacial score (nSPS) is 11.0. The van der Waals surface area contributed by atoms with E-state index in [0.29, 0.717) is 5.82 Å². The van der Waals surface area contributed by atoms with Crippen molar-refractivity contribution in [2.24, 2.45) is 0 Å². The summed E-state index contributed by atoms with van der Waals surface area (Å²) in [7, 11) is 0. The van der Waals surface area contributed by atoms with Gasteiger partial charge in [0.2, 0.25) is 0 Å². The summed E-state index contributed by atoms with van der Waals surface area (Å²) in [5, 5.41) is 5.22. The van der Waals surface area contributed by atoms with Gasteiger partial charge in [-0.3, -0.25) is 4.79 Å². The molecule has 0 aliphatic heterocycles. The number of carbonyl (C=O) groups excluding carboxylic acids is 1. The average molecular weight is 254 g/mol. The third kappa shape index (κ3) is 2.10. The van der Waals surface area contributed by atoms with Crippen molar-refractivity contribution in [2.75, 3.05) is 5.73 Å². The quantitative estimate of drug-likeness (QED) is 0.735. The summed E-state index contributed by atoms with van der Waals surface area (Å²) in [4.78, 5) is 15.3. The number of rotatable bonds is 2. The van der Waals surface area contributed by atoms with Crippen LogP contribution in [-0.2, 0) is 6.42 Å². The van der Waals surface area contributed by atoms with E-state index in [2.05, 4.69) is 10.1 Å². The molecule has 3 aromatic rings. The summed E-state index contributed by atoms with van der Waals surface area (Å²) in [5.41, 5.74) is 8.45. The van der Waals surface area contributed by atoms with Gasteiger partial charge in [0.25, 0.3) is 5.91 Å². The Morgan fingerprint density at radius 2 is 2.21 bits per heavy atom. The first kappa shape index (κ1) is 11.5. The van der Waals surface area contributed by atoms with Crippen molar-refractivity contribution in [1.82, 2.24) is 14.8 Å². The zero-order valence-electron chi connectivity index (χ0n) is 10.6. The molecule has 3 N–H and O–H groups in total. The van der Waals surface area contributed by atoms with Crippen LogP contribution in [0.25, 0.3) is 10.9 Å². The Bertz CT molecular complexity index is 754. The molecule has 0 spiro atoms. The molecule has 5 heteroatoms. The summed E-state index contributed by atoms with van der Waals surface area (Å²) in [6, 6.07) is 9.59. The van der Waals surface area contributed by atoms with E-state index in [-0.39, 0.29) is 12.3 Å². The Labute approximate surface area is 110 Å². The maximum atomic E-state index is 12.1. The van der Waals surface area contributed by atoms with Crippen LogP contribution in [0.2, 0.25) is 0 Å². The van der Waals surface area contributed by atoms with Crippen molar-refractivity contribution in [3.05, 3.63) is 47.8 Å². The first-order valence-electron chi connectivity index (χ1n) is 6.05. The second-order valence-electron chi connectivity index (χ2n) is 4.59. The molecule has 0 amide bonds. The van der Waals surface area contributed by atoms with Gasteiger partial charge in [-0.1, -0.05) is 12.1 Å². The highest BCUT2D eigenvalue weighted by atomic mass is 16.2. The number of nitrogens with zero attached hydrogens (tertiary/aromatic N) is 2. The number of fused-ring (bicyclic) bond motifs is 1. The molecule has 0 saturated heterocycles. The van der Waals surface area contributed by atoms with Gasteiger partial charge in [-0.2, -0.15) is 9.78 Å². The summed E-state index contributed by atoms with van der Waals surface area (Å²) in [6.45, 7) is 1.81. The van der Waals surface area contributed by atoms with Gasteiger partial charge in [-0.05, 0) is 30.0 Å². The van der Waals surface area contributed by atoms with Crippen molar-refractivity contribution in [3.8, 4) is 0 Å². The van der Waals surface area contributed by atoms with Crippen LogP contribution < -0.4 is 5.73 Å². The van der Waals surface area contributed by atoms with Crippen LogP contribution in [0.15, 0.2) is 36.5 Å². The van der Waals surface area contributed by atoms with E-state index in [9.17, 15) is 4.79 Å². The minimum atomic E-state index is -0.128. The fraction of sp³-hybridized carbons (Fsp3) is 0.143. The first-order chi connectivity index (χ1) is 9.13. The Kier molecular flexibility index (Phi) is 2.59. The number of carbonyl (C=O) groups is 1. The third-order valence-electron chi connectivity index (χ3n) is 3.07. The lowest BCUT2D eigenvalue weighted by Gasteiger charge is -2.03. The number of nitrogens with two attached hydrogens (primary N) is 1. The van der Waals surface area contributed by atoms with Crippen molar-refractivity contribution < 1.29 is 4.79 Å². The van der Waals surface area contributed by atoms with Crippen LogP contribution in [0.3, 0.4) is 0 Å². The second-order valence-corrected chi connectivity index (χ2v) is 4.59. The standard InChI is InChI=1S/C14H14N4O/c1-9-6-13(15)18(17-9)14(19)8-10-2-3-11-4-5-16-12(11)7-10/h2-7,16H,8,15H2,1H3. The number of hydrogen-bond donors (Lipinski definition) is 2. The van der Waals surface area contributed by atoms with Crippen LogP contribution in [-0.4, -0.2) is 20.7 Å². The fourth-order valence-electron chi connectivity index (χ4n) is 2.17. The van der Waals surface area contributed by atoms with Gasteiger partial charge >= 0.3 is 0 Å². The maximum Gasteiger partial charge on any atom is 0.253 e. The number of aromatic nitrogens is 3. The number of aromatic amines is 1. The number of aryl methyl sites for hydroxylation is 1. The lowest BCUT2D eigenvalue weighted by Crippen LogP contribution is -2.17. The molecule has 0 bridgehead atoms. The average Bonchev–Trinajstić information content (AvgIpc) is 2.94. The fourth-order valence-corrected chi connectivity index (χ4v) is 2.17. The van der Waals surface area contributed by atoms with E-state index in [1.165, 1.54) is 4.68 Å². The molecule has 0 atom stereocenters. The number of nitrogens with one attached hydrogen (secondary N) is 1. The summed E-state index contributed by atoms with van der Waals surface area (Å²) in [5.74, 6) is 0.250. The highest BCUT2D eigenvalue weighted by Gasteiger charge is 2.11. The Balaban J connectivity index is 1.88. The second kappa shape index (κ2) is 4.28. The van der Waals surface area contributed by atoms with Gasteiger partial charge < -0.3 is 10.7 Å². The number of hydrogen-bond acceptors (Lipinski definition) is 3. The molecule has 2 heterocycles. The van der Waals surface area contributed by atoms with Crippen LogP contribution in [0.4, 0.5) is 5.82 Å². The lowest BCUT2D eigenvalue weighted by molar-refractivity contribution is 0.0901. The molecule has 0 aliphatic carbocycles. The molecular weight excluding hydrogens is 240 g/mol. The van der Waals surface area contributed by atoms with Gasteiger partial charge in [0.1, 0.15) is 5.82 Å². The minimum absolute atomic E-state index is 0.128. The molecule has 3 rings (SSSR count). The van der Waals surface area contributed by atoms with Gasteiger partial charge in [-0.15, -0.1) is 0 Å². The highest BCUT2D eigenvalue weighted by molar-refractivity contribution is 5.85. The van der Waals surface area contributed by atoms with Crippen LogP contribution >= 0.6 is 0 Å². The predicted molar refractivity (Wildman–Crippen MR) is 74.0 cm³/mol. The highest BCUT2D eigenvalue weighted by Crippen LogP contribution is 2.15. The monoisotopic (exact) mass is 254 g/mol. The zero-order valence-corrected chi connectivity index (χ0v) is 10.6. The van der Waals surface area contributed by atoms with Crippen molar-refractivity contribution in [2.45, 2.75) is 13.3 Å². The van der Waals surface area contributed by atoms with E-state index in [4.69, 9.17) is 5.73 Å². The molecule has 96 valence electrons. The maximum absolute atomic E-state index is 12.1. The molecular formula is C14H14N4O. The van der Waals surface area contributed by atoms with Gasteiger partial charge in [-0.25, -0.2) is 0 Å². The summed E-state index contributed by atoms with van der Waals surface area (Å²) < 4.78 is 1.26. The molecule has 2 aromatic heterocycles. The molecule has 19 heavy (non-hydrogen) atoms. The SMILES string of the molecule is Cc1cc(N)n(C(=O)Cc2ccc3cc[nH]c3c2)n1. The van der Waals surface area contributed by atoms with Gasteiger partial charge in [0, 0.05) is 17.8 Å². The van der Waals surface area contributed by atoms with Crippen LogP contribution in [0.5, 0.6) is 0 Å². The molecule has 0 fully saturated rings. The molecule has 0 aliphatic rings. The van der Waals surface area contributed by atoms with Crippen LogP contribution in [0.1, 0.15) is 16.1 Å². The van der Waals surface area contributed by atoms with Gasteiger partial charge in [0.15, 0.2) is 0 Å². The molecule has 1 aromatic carbocycles. The largest absolute Gasteiger partial charge is 0.383 e. The zero-order chi connectivity index (χ0) is 13.4. The van der Waals surface area contributed by atoms with E-state index >= 15 is 0 Å². The summed E-state index contributed by atoms with van der Waals surface area (Å²) >= 11 is 0. The Hall–Kier alpha value is -2.56. The first-order valence-corrected chi connectivity index (χ1v) is 6.05. The molecule has 5 nitrogen and oxygen atoms in total. The van der Waals surface area contributed by atoms with Gasteiger partial charge in [0.05, 0.1) is 12.1 Å². The van der Waals surface area contributed by atoms with Crippen molar-refractivity contribution >= 4 is 22.6 Å². The number of anilines is 1. The Morgan fingerprint density at radius 1 is 1.37 bits per heavy atom. The smallest absolute Gasteiger partial charge is 0.253 e.